The quantitative estimate of drug-likeness (QED) is 0.785. The van der Waals surface area contributed by atoms with Crippen LogP contribution in [0.1, 0.15) is 5.56 Å². The summed E-state index contributed by atoms with van der Waals surface area (Å²) in [7, 11) is 0. The smallest absolute Gasteiger partial charge is 0.142 e. The van der Waals surface area contributed by atoms with Crippen LogP contribution < -0.4 is 10.5 Å². The van der Waals surface area contributed by atoms with E-state index in [1.807, 2.05) is 42.5 Å². The number of ether oxygens (including phenoxy) is 1. The molecule has 3 rings (SSSR count). The summed E-state index contributed by atoms with van der Waals surface area (Å²) >= 11 is 0. The summed E-state index contributed by atoms with van der Waals surface area (Å²) in [4.78, 5) is 4.02. The number of hydrogen-bond donors (Lipinski definition) is 1. The summed E-state index contributed by atoms with van der Waals surface area (Å²) in [5.74, 6) is 0.314. The molecule has 2 N–H and O–H groups in total. The number of halogens is 1. The van der Waals surface area contributed by atoms with Crippen molar-refractivity contribution in [3.05, 3.63) is 72.2 Å². The first-order chi connectivity index (χ1) is 10.7. The number of nitrogens with zero attached hydrogens (tertiary/aromatic N) is 1. The van der Waals surface area contributed by atoms with Crippen LogP contribution in [0.25, 0.3) is 10.9 Å². The second-order valence-corrected chi connectivity index (χ2v) is 5.27. The molecule has 0 amide bonds. The van der Waals surface area contributed by atoms with Crippen molar-refractivity contribution in [2.45, 2.75) is 12.5 Å². The Bertz CT molecular complexity index is 761. The van der Waals surface area contributed by atoms with Crippen LogP contribution in [0.5, 0.6) is 5.75 Å². The lowest BCUT2D eigenvalue weighted by Gasteiger charge is -2.13. The first-order valence-electron chi connectivity index (χ1n) is 7.18. The van der Waals surface area contributed by atoms with Crippen LogP contribution >= 0.6 is 0 Å². The Morgan fingerprint density at radius 2 is 1.91 bits per heavy atom. The molecule has 0 saturated carbocycles. The van der Waals surface area contributed by atoms with Gasteiger partial charge < -0.3 is 10.5 Å². The van der Waals surface area contributed by atoms with Crippen molar-refractivity contribution in [1.82, 2.24) is 4.98 Å². The third-order valence-corrected chi connectivity index (χ3v) is 3.42. The second kappa shape index (κ2) is 6.54. The Morgan fingerprint density at radius 1 is 1.09 bits per heavy atom. The maximum Gasteiger partial charge on any atom is 0.142 e. The lowest BCUT2D eigenvalue weighted by atomic mass is 10.1. The van der Waals surface area contributed by atoms with Crippen LogP contribution in [0, 0.1) is 5.82 Å². The van der Waals surface area contributed by atoms with Gasteiger partial charge in [0.2, 0.25) is 0 Å². The highest BCUT2D eigenvalue weighted by Crippen LogP contribution is 2.20. The van der Waals surface area contributed by atoms with E-state index >= 15 is 0 Å². The zero-order valence-electron chi connectivity index (χ0n) is 12.1. The molecule has 2 aromatic carbocycles. The minimum Gasteiger partial charge on any atom is -0.492 e. The molecule has 0 saturated heterocycles. The van der Waals surface area contributed by atoms with Gasteiger partial charge in [0.15, 0.2) is 0 Å². The van der Waals surface area contributed by atoms with Gasteiger partial charge in [-0.05, 0) is 36.2 Å². The SMILES string of the molecule is N[C@@H](COc1ccc2ncc(F)cc2c1)Cc1ccccc1. The molecule has 0 bridgehead atoms. The fraction of sp³-hybridized carbons (Fsp3) is 0.167. The van der Waals surface area contributed by atoms with E-state index in [0.29, 0.717) is 17.7 Å². The summed E-state index contributed by atoms with van der Waals surface area (Å²) in [5, 5.41) is 0.717. The lowest BCUT2D eigenvalue weighted by molar-refractivity contribution is 0.288. The summed E-state index contributed by atoms with van der Waals surface area (Å²) in [5.41, 5.74) is 8.01. The van der Waals surface area contributed by atoms with Crippen LogP contribution in [0.15, 0.2) is 60.8 Å². The third kappa shape index (κ3) is 3.59. The molecule has 0 radical (unpaired) electrons. The van der Waals surface area contributed by atoms with Crippen molar-refractivity contribution in [2.24, 2.45) is 5.73 Å². The van der Waals surface area contributed by atoms with Crippen LogP contribution in [0.4, 0.5) is 4.39 Å². The zero-order valence-corrected chi connectivity index (χ0v) is 12.1. The van der Waals surface area contributed by atoms with E-state index in [4.69, 9.17) is 10.5 Å². The van der Waals surface area contributed by atoms with E-state index in [9.17, 15) is 4.39 Å². The van der Waals surface area contributed by atoms with Gasteiger partial charge in [0.1, 0.15) is 18.2 Å². The molecule has 0 spiro atoms. The molecule has 0 aliphatic heterocycles. The van der Waals surface area contributed by atoms with Gasteiger partial charge in [-0.3, -0.25) is 4.98 Å². The Labute approximate surface area is 128 Å². The maximum absolute atomic E-state index is 13.2. The molecule has 3 aromatic rings. The van der Waals surface area contributed by atoms with Crippen LogP contribution in [0.3, 0.4) is 0 Å². The molecule has 112 valence electrons. The molecule has 4 heteroatoms. The molecule has 1 aromatic heterocycles. The summed E-state index contributed by atoms with van der Waals surface area (Å²) in [6.45, 7) is 0.406. The molecule has 0 aliphatic rings. The highest BCUT2D eigenvalue weighted by Gasteiger charge is 2.06. The van der Waals surface area contributed by atoms with Crippen LogP contribution in [-0.4, -0.2) is 17.6 Å². The van der Waals surface area contributed by atoms with E-state index in [1.165, 1.54) is 17.8 Å². The van der Waals surface area contributed by atoms with Crippen molar-refractivity contribution >= 4 is 10.9 Å². The van der Waals surface area contributed by atoms with Gasteiger partial charge in [-0.15, -0.1) is 0 Å². The molecule has 1 atom stereocenters. The average Bonchev–Trinajstić information content (AvgIpc) is 2.53. The Hall–Kier alpha value is -2.46. The predicted molar refractivity (Wildman–Crippen MR) is 85.3 cm³/mol. The number of benzene rings is 2. The molecule has 3 nitrogen and oxygen atoms in total. The van der Waals surface area contributed by atoms with Gasteiger partial charge in [0.25, 0.3) is 0 Å². The van der Waals surface area contributed by atoms with Gasteiger partial charge >= 0.3 is 0 Å². The van der Waals surface area contributed by atoms with Crippen molar-refractivity contribution in [2.75, 3.05) is 6.61 Å². The first kappa shape index (κ1) is 14.5. The highest BCUT2D eigenvalue weighted by atomic mass is 19.1. The summed E-state index contributed by atoms with van der Waals surface area (Å²) in [6, 6.07) is 16.8. The normalized spacial score (nSPS) is 12.3. The minimum atomic E-state index is -0.356. The van der Waals surface area contributed by atoms with Gasteiger partial charge in [-0.2, -0.15) is 0 Å². The third-order valence-electron chi connectivity index (χ3n) is 3.42. The van der Waals surface area contributed by atoms with E-state index in [2.05, 4.69) is 4.98 Å². The molecule has 1 heterocycles. The van der Waals surface area contributed by atoms with E-state index < -0.39 is 0 Å². The van der Waals surface area contributed by atoms with Gasteiger partial charge in [-0.25, -0.2) is 4.39 Å². The summed E-state index contributed by atoms with van der Waals surface area (Å²) in [6.07, 6.45) is 1.96. The number of nitrogens with two attached hydrogens (primary N) is 1. The summed E-state index contributed by atoms with van der Waals surface area (Å²) < 4.78 is 18.9. The van der Waals surface area contributed by atoms with Crippen LogP contribution in [0.2, 0.25) is 0 Å². The van der Waals surface area contributed by atoms with E-state index in [-0.39, 0.29) is 11.9 Å². The molecule has 22 heavy (non-hydrogen) atoms. The van der Waals surface area contributed by atoms with E-state index in [0.717, 1.165) is 11.9 Å². The van der Waals surface area contributed by atoms with Crippen molar-refractivity contribution < 1.29 is 9.13 Å². The maximum atomic E-state index is 13.2. The van der Waals surface area contributed by atoms with Crippen molar-refractivity contribution in [3.8, 4) is 5.75 Å². The Kier molecular flexibility index (Phi) is 4.30. The number of rotatable bonds is 5. The van der Waals surface area contributed by atoms with Gasteiger partial charge in [0, 0.05) is 11.4 Å². The molecule has 0 aliphatic carbocycles. The van der Waals surface area contributed by atoms with Crippen LogP contribution in [-0.2, 0) is 6.42 Å². The fourth-order valence-electron chi connectivity index (χ4n) is 2.35. The topological polar surface area (TPSA) is 48.1 Å². The molecule has 0 fully saturated rings. The number of aromatic nitrogens is 1. The standard InChI is InChI=1S/C18H17FN2O/c19-15-9-14-10-17(6-7-18(14)21-11-15)22-12-16(20)8-13-4-2-1-3-5-13/h1-7,9-11,16H,8,12,20H2/t16-/m1/s1. The average molecular weight is 296 g/mol. The molecular formula is C18H17FN2O. The highest BCUT2D eigenvalue weighted by molar-refractivity contribution is 5.79. The monoisotopic (exact) mass is 296 g/mol. The first-order valence-corrected chi connectivity index (χ1v) is 7.18. The fourth-order valence-corrected chi connectivity index (χ4v) is 2.35. The van der Waals surface area contributed by atoms with Crippen molar-refractivity contribution in [3.63, 3.8) is 0 Å². The second-order valence-electron chi connectivity index (χ2n) is 5.27. The number of fused-ring (bicyclic) bond motifs is 1. The Balaban J connectivity index is 1.63. The number of hydrogen-bond acceptors (Lipinski definition) is 3. The van der Waals surface area contributed by atoms with Gasteiger partial charge in [0.05, 0.1) is 11.7 Å². The Morgan fingerprint density at radius 3 is 2.73 bits per heavy atom. The molecule has 0 unspecified atom stereocenters. The van der Waals surface area contributed by atoms with Crippen molar-refractivity contribution in [1.29, 1.82) is 0 Å². The number of pyridine rings is 1. The van der Waals surface area contributed by atoms with E-state index in [1.54, 1.807) is 6.07 Å². The molecular weight excluding hydrogens is 279 g/mol. The zero-order chi connectivity index (χ0) is 15.4. The minimum absolute atomic E-state index is 0.0938. The largest absolute Gasteiger partial charge is 0.492 e. The van der Waals surface area contributed by atoms with Gasteiger partial charge in [-0.1, -0.05) is 30.3 Å². The lowest BCUT2D eigenvalue weighted by Crippen LogP contribution is -2.30. The predicted octanol–water partition coefficient (Wildman–Crippen LogP) is 3.32.